The summed E-state index contributed by atoms with van der Waals surface area (Å²) in [6.07, 6.45) is -31.2. The predicted molar refractivity (Wildman–Crippen MR) is 97.0 cm³/mol. The van der Waals surface area contributed by atoms with Crippen LogP contribution in [0.3, 0.4) is 0 Å². The summed E-state index contributed by atoms with van der Waals surface area (Å²) in [6.45, 7) is 0. The van der Waals surface area contributed by atoms with Crippen LogP contribution < -0.4 is 0 Å². The molecule has 0 aromatic carbocycles. The number of rotatable bonds is 10. The molecular weight excluding hydrogens is 955 g/mol. The molecule has 0 aliphatic carbocycles. The highest BCUT2D eigenvalue weighted by Crippen LogP contribution is 2.66. The maximum Gasteiger partial charge on any atom is 0.460 e. The fraction of sp³-hybridized carbons (Fsp3) is 1.00. The lowest BCUT2D eigenvalue weighted by Gasteiger charge is -2.41. The maximum absolute atomic E-state index is 12.8. The first-order valence-corrected chi connectivity index (χ1v) is 12.3. The average Bonchev–Trinajstić information content (AvgIpc) is 2.89. The topological polar surface area (TPSA) is 57.5 Å². The van der Waals surface area contributed by atoms with Gasteiger partial charge in [0.1, 0.15) is 0 Å². The van der Waals surface area contributed by atoms with Gasteiger partial charge in [0.15, 0.2) is 0 Å². The largest absolute Gasteiger partial charge is 0.460 e. The van der Waals surface area contributed by atoms with Crippen LogP contribution in [0.4, 0.5) is 158 Å². The van der Waals surface area contributed by atoms with Gasteiger partial charge in [-0.05, 0) is 0 Å². The Bertz CT molecular complexity index is 1150. The van der Waals surface area contributed by atoms with Crippen molar-refractivity contribution >= 4 is 8.25 Å². The molecular formula is C16H3F36O3P. The summed E-state index contributed by atoms with van der Waals surface area (Å²) in [4.78, 5) is 14.3. The monoisotopic (exact) mass is 958 g/mol. The summed E-state index contributed by atoms with van der Waals surface area (Å²) in [7, 11) is -3.13. The van der Waals surface area contributed by atoms with E-state index >= 15 is 0 Å². The van der Waals surface area contributed by atoms with Crippen LogP contribution in [0.5, 0.6) is 0 Å². The van der Waals surface area contributed by atoms with Gasteiger partial charge in [-0.2, -0.15) is 158 Å². The lowest BCUT2D eigenvalue weighted by molar-refractivity contribution is -0.468. The summed E-state index contributed by atoms with van der Waals surface area (Å²) in [6, 6.07) is 0. The summed E-state index contributed by atoms with van der Waals surface area (Å²) >= 11 is 0. The van der Waals surface area contributed by atoms with Gasteiger partial charge in [0.2, 0.25) is 0 Å². The number of halogens is 36. The van der Waals surface area contributed by atoms with E-state index in [0.29, 0.717) is 0 Å². The van der Waals surface area contributed by atoms with E-state index in [-0.39, 0.29) is 0 Å². The Balaban J connectivity index is -0.000000914. The molecule has 342 valence electrons. The molecule has 0 bridgehead atoms. The molecule has 0 aliphatic rings. The molecule has 0 heterocycles. The molecule has 0 aromatic heterocycles. The van der Waals surface area contributed by atoms with E-state index in [4.69, 9.17) is 14.4 Å². The molecule has 40 heteroatoms. The Kier molecular flexibility index (Phi) is 15.5. The van der Waals surface area contributed by atoms with Gasteiger partial charge >= 0.3 is 104 Å². The summed E-state index contributed by atoms with van der Waals surface area (Å²) in [5, 5.41) is 0. The van der Waals surface area contributed by atoms with Crippen molar-refractivity contribution in [3.05, 3.63) is 0 Å². The van der Waals surface area contributed by atoms with Crippen molar-refractivity contribution in [2.45, 2.75) is 95.8 Å². The minimum absolute atomic E-state index is 3.13. The molecule has 3 nitrogen and oxygen atoms in total. The van der Waals surface area contributed by atoms with Crippen molar-refractivity contribution in [2.75, 3.05) is 0 Å². The van der Waals surface area contributed by atoms with Gasteiger partial charge in [-0.25, -0.2) is 0 Å². The fourth-order valence-corrected chi connectivity index (χ4v) is 2.29. The van der Waals surface area contributed by atoms with Crippen molar-refractivity contribution < 1.29 is 172 Å². The minimum Gasteiger partial charge on any atom is -0.326 e. The molecule has 0 aromatic rings. The molecule has 2 N–H and O–H groups in total. The molecule has 0 atom stereocenters. The molecule has 0 unspecified atom stereocenters. The van der Waals surface area contributed by atoms with Crippen LogP contribution in [0.15, 0.2) is 0 Å². The number of alkyl halides is 36. The van der Waals surface area contributed by atoms with Crippen LogP contribution in [0, 0.1) is 0 Å². The van der Waals surface area contributed by atoms with Crippen LogP contribution in [0.25, 0.3) is 0 Å². The van der Waals surface area contributed by atoms with Crippen molar-refractivity contribution in [2.24, 2.45) is 0 Å². The van der Waals surface area contributed by atoms with E-state index in [0.717, 1.165) is 0 Å². The van der Waals surface area contributed by atoms with Gasteiger partial charge in [-0.3, -0.25) is 4.57 Å². The SMILES string of the molecule is FC(F)(F)C(F)(F)C(F)(F)C(F)(F)C(F)(F)C(F)(F)C(F)(F)C(F)(F)F.FC(F)(F)C(F)(F)C(F)(F)C(F)(F)C(F)(F)C(F)(F)C(F)(F)C(F)(F)F.O=[PH](O)O. The third-order valence-corrected chi connectivity index (χ3v) is 5.37. The maximum atomic E-state index is 12.8. The molecule has 0 saturated heterocycles. The van der Waals surface area contributed by atoms with E-state index in [2.05, 4.69) is 0 Å². The van der Waals surface area contributed by atoms with Crippen LogP contribution in [0.2, 0.25) is 0 Å². The van der Waals surface area contributed by atoms with Crippen molar-refractivity contribution in [1.29, 1.82) is 0 Å². The predicted octanol–water partition coefficient (Wildman–Crippen LogP) is 11.2. The second-order valence-electron chi connectivity index (χ2n) is 9.17. The zero-order chi connectivity index (χ0) is 47.6. The smallest absolute Gasteiger partial charge is 0.326 e. The van der Waals surface area contributed by atoms with Crippen molar-refractivity contribution in [3.8, 4) is 0 Å². The Morgan fingerprint density at radius 1 is 0.196 bits per heavy atom. The highest BCUT2D eigenvalue weighted by atomic mass is 31.1. The highest BCUT2D eigenvalue weighted by Gasteiger charge is 2.97. The van der Waals surface area contributed by atoms with E-state index < -0.39 is 104 Å². The lowest BCUT2D eigenvalue weighted by atomic mass is 9.91. The van der Waals surface area contributed by atoms with Gasteiger partial charge in [-0.1, -0.05) is 0 Å². The van der Waals surface area contributed by atoms with Crippen LogP contribution in [-0.4, -0.2) is 106 Å². The lowest BCUT2D eigenvalue weighted by Crippen LogP contribution is -2.74. The second-order valence-corrected chi connectivity index (χ2v) is 9.73. The number of hydrogen-bond donors (Lipinski definition) is 2. The Morgan fingerprint density at radius 2 is 0.250 bits per heavy atom. The molecule has 0 amide bonds. The first kappa shape index (κ1) is 58.0. The van der Waals surface area contributed by atoms with Gasteiger partial charge in [0, 0.05) is 0 Å². The summed E-state index contributed by atoms with van der Waals surface area (Å²) in [5.74, 6) is -102. The van der Waals surface area contributed by atoms with Gasteiger partial charge in [-0.15, -0.1) is 0 Å². The zero-order valence-corrected chi connectivity index (χ0v) is 24.4. The highest BCUT2D eigenvalue weighted by molar-refractivity contribution is 7.30. The van der Waals surface area contributed by atoms with E-state index in [1.807, 2.05) is 0 Å². The standard InChI is InChI=1S/2C8F18.H3O3P/c2*9-1(10,3(13,14)5(17,18)7(21,22)23)2(11,12)4(15,16)6(19,20)8(24,25)26;1-4(2)3/h;;4H,(H2,1,2,3). The number of hydrogen-bond acceptors (Lipinski definition) is 1. The van der Waals surface area contributed by atoms with Crippen molar-refractivity contribution in [1.82, 2.24) is 0 Å². The first-order valence-electron chi connectivity index (χ1n) is 11.0. The second kappa shape index (κ2) is 15.0. The van der Waals surface area contributed by atoms with E-state index in [1.54, 1.807) is 0 Å². The minimum atomic E-state index is -8.72. The third kappa shape index (κ3) is 8.66. The molecule has 56 heavy (non-hydrogen) atoms. The molecule has 0 fully saturated rings. The third-order valence-electron chi connectivity index (χ3n) is 5.37. The Labute approximate surface area is 278 Å². The van der Waals surface area contributed by atoms with Crippen LogP contribution >= 0.6 is 8.25 Å². The fourth-order valence-electron chi connectivity index (χ4n) is 2.29. The van der Waals surface area contributed by atoms with Gasteiger partial charge in [0.25, 0.3) is 0 Å². The average molecular weight is 958 g/mol. The molecule has 0 aliphatic heterocycles. The van der Waals surface area contributed by atoms with Crippen LogP contribution in [0.1, 0.15) is 0 Å². The summed E-state index contributed by atoms with van der Waals surface area (Å²) < 4.78 is 450. The molecule has 0 rings (SSSR count). The molecule has 0 radical (unpaired) electrons. The quantitative estimate of drug-likeness (QED) is 0.169. The van der Waals surface area contributed by atoms with Gasteiger partial charge < -0.3 is 9.79 Å². The van der Waals surface area contributed by atoms with E-state index in [1.165, 1.54) is 0 Å². The Hall–Kier alpha value is -2.37. The molecule has 0 saturated carbocycles. The van der Waals surface area contributed by atoms with Crippen LogP contribution in [-0.2, 0) is 4.57 Å². The van der Waals surface area contributed by atoms with Gasteiger partial charge in [0.05, 0.1) is 0 Å². The zero-order valence-electron chi connectivity index (χ0n) is 23.4. The normalized spacial score (nSPS) is 16.3. The summed E-state index contributed by atoms with van der Waals surface area (Å²) in [5.41, 5.74) is 0. The van der Waals surface area contributed by atoms with Crippen molar-refractivity contribution in [3.63, 3.8) is 0 Å². The Morgan fingerprint density at radius 3 is 0.304 bits per heavy atom. The first-order chi connectivity index (χ1) is 23.2. The van der Waals surface area contributed by atoms with E-state index in [9.17, 15) is 158 Å². The molecule has 0 spiro atoms.